The summed E-state index contributed by atoms with van der Waals surface area (Å²) in [5.74, 6) is 0.495. The van der Waals surface area contributed by atoms with E-state index in [0.29, 0.717) is 5.41 Å². The molecule has 0 aliphatic heterocycles. The van der Waals surface area contributed by atoms with E-state index in [-0.39, 0.29) is 11.9 Å². The van der Waals surface area contributed by atoms with E-state index in [9.17, 15) is 4.39 Å². The quantitative estimate of drug-likeness (QED) is 0.847. The van der Waals surface area contributed by atoms with E-state index in [4.69, 9.17) is 0 Å². The molecule has 0 amide bonds. The van der Waals surface area contributed by atoms with Crippen LogP contribution in [0.3, 0.4) is 0 Å². The van der Waals surface area contributed by atoms with E-state index in [0.717, 1.165) is 18.2 Å². The molecule has 0 aromatic carbocycles. The molecule has 2 atom stereocenters. The molecular formula is C13H19FN2. The van der Waals surface area contributed by atoms with Crippen molar-refractivity contribution in [2.24, 2.45) is 11.3 Å². The fourth-order valence-electron chi connectivity index (χ4n) is 1.99. The zero-order chi connectivity index (χ0) is 11.8. The lowest BCUT2D eigenvalue weighted by Crippen LogP contribution is -2.23. The minimum atomic E-state index is -0.278. The average Bonchev–Trinajstić information content (AvgIpc) is 2.84. The number of nitrogens with one attached hydrogen (secondary N) is 1. The van der Waals surface area contributed by atoms with Crippen LogP contribution in [0.1, 0.15) is 38.9 Å². The molecule has 0 spiro atoms. The van der Waals surface area contributed by atoms with Gasteiger partial charge in [-0.05, 0) is 43.4 Å². The van der Waals surface area contributed by atoms with Gasteiger partial charge in [0, 0.05) is 6.04 Å². The molecule has 1 aliphatic rings. The van der Waals surface area contributed by atoms with Crippen molar-refractivity contribution in [3.63, 3.8) is 0 Å². The monoisotopic (exact) mass is 222 g/mol. The van der Waals surface area contributed by atoms with Crippen LogP contribution in [0.5, 0.6) is 0 Å². The Kier molecular flexibility index (Phi) is 2.98. The van der Waals surface area contributed by atoms with Crippen LogP contribution in [0.25, 0.3) is 0 Å². The maximum absolute atomic E-state index is 12.7. The van der Waals surface area contributed by atoms with Gasteiger partial charge in [-0.1, -0.05) is 13.8 Å². The molecule has 1 N–H and O–H groups in total. The molecule has 3 heteroatoms. The number of rotatable bonds is 4. The van der Waals surface area contributed by atoms with Crippen molar-refractivity contribution in [3.05, 3.63) is 29.8 Å². The van der Waals surface area contributed by atoms with Crippen LogP contribution in [-0.2, 0) is 0 Å². The molecule has 16 heavy (non-hydrogen) atoms. The lowest BCUT2D eigenvalue weighted by Gasteiger charge is -2.13. The van der Waals surface area contributed by atoms with E-state index in [1.807, 2.05) is 0 Å². The Morgan fingerprint density at radius 3 is 2.75 bits per heavy atom. The van der Waals surface area contributed by atoms with Gasteiger partial charge in [-0.3, -0.25) is 4.98 Å². The molecule has 1 aromatic rings. The summed E-state index contributed by atoms with van der Waals surface area (Å²) in [7, 11) is 0. The molecule has 0 saturated heterocycles. The summed E-state index contributed by atoms with van der Waals surface area (Å²) < 4.78 is 12.7. The molecule has 2 unspecified atom stereocenters. The summed E-state index contributed by atoms with van der Waals surface area (Å²) in [4.78, 5) is 4.08. The zero-order valence-corrected chi connectivity index (χ0v) is 10.1. The molecule has 2 nitrogen and oxygen atoms in total. The smallest absolute Gasteiger partial charge is 0.141 e. The van der Waals surface area contributed by atoms with Crippen LogP contribution in [-0.4, -0.2) is 11.5 Å². The Morgan fingerprint density at radius 1 is 1.56 bits per heavy atom. The molecule has 1 saturated carbocycles. The second-order valence-corrected chi connectivity index (χ2v) is 5.42. The number of halogens is 1. The summed E-state index contributed by atoms with van der Waals surface area (Å²) in [5.41, 5.74) is 1.41. The summed E-state index contributed by atoms with van der Waals surface area (Å²) in [6.45, 7) is 7.67. The highest BCUT2D eigenvalue weighted by Gasteiger charge is 2.44. The van der Waals surface area contributed by atoms with Crippen molar-refractivity contribution in [2.45, 2.75) is 33.2 Å². The number of aromatic nitrogens is 1. The molecule has 2 rings (SSSR count). The van der Waals surface area contributed by atoms with Crippen LogP contribution in [0, 0.1) is 17.2 Å². The lowest BCUT2D eigenvalue weighted by atomic mass is 10.1. The highest BCUT2D eigenvalue weighted by Crippen LogP contribution is 2.51. The molecule has 0 bridgehead atoms. The van der Waals surface area contributed by atoms with Crippen LogP contribution in [0.4, 0.5) is 4.39 Å². The molecule has 1 aromatic heterocycles. The fraction of sp³-hybridized carbons (Fsp3) is 0.615. The van der Waals surface area contributed by atoms with E-state index in [2.05, 4.69) is 31.1 Å². The van der Waals surface area contributed by atoms with Crippen LogP contribution < -0.4 is 5.32 Å². The van der Waals surface area contributed by atoms with Crippen molar-refractivity contribution in [3.8, 4) is 0 Å². The third kappa shape index (κ3) is 2.59. The predicted octanol–water partition coefficient (Wildman–Crippen LogP) is 2.92. The van der Waals surface area contributed by atoms with Gasteiger partial charge in [0.2, 0.25) is 0 Å². The van der Waals surface area contributed by atoms with Crippen molar-refractivity contribution in [1.82, 2.24) is 10.3 Å². The van der Waals surface area contributed by atoms with Gasteiger partial charge in [0.25, 0.3) is 0 Å². The Bertz CT molecular complexity index is 359. The van der Waals surface area contributed by atoms with E-state index in [1.165, 1.54) is 18.7 Å². The first kappa shape index (κ1) is 11.5. The van der Waals surface area contributed by atoms with E-state index >= 15 is 0 Å². The Morgan fingerprint density at radius 2 is 2.25 bits per heavy atom. The minimum absolute atomic E-state index is 0.192. The van der Waals surface area contributed by atoms with Gasteiger partial charge in [0.15, 0.2) is 0 Å². The predicted molar refractivity (Wildman–Crippen MR) is 62.5 cm³/mol. The SMILES string of the molecule is CC(NCC1CC1(C)C)c1ccc(F)cn1. The highest BCUT2D eigenvalue weighted by molar-refractivity contribution is 5.09. The second-order valence-electron chi connectivity index (χ2n) is 5.42. The summed E-state index contributed by atoms with van der Waals surface area (Å²) in [5, 5.41) is 3.45. The van der Waals surface area contributed by atoms with E-state index in [1.54, 1.807) is 6.07 Å². The number of hydrogen-bond donors (Lipinski definition) is 1. The van der Waals surface area contributed by atoms with Gasteiger partial charge in [-0.15, -0.1) is 0 Å². The van der Waals surface area contributed by atoms with Crippen LogP contribution >= 0.6 is 0 Å². The topological polar surface area (TPSA) is 24.9 Å². The van der Waals surface area contributed by atoms with Crippen molar-refractivity contribution < 1.29 is 4.39 Å². The fourth-order valence-corrected chi connectivity index (χ4v) is 1.99. The first-order valence-electron chi connectivity index (χ1n) is 5.84. The van der Waals surface area contributed by atoms with Gasteiger partial charge in [-0.2, -0.15) is 0 Å². The number of hydrogen-bond acceptors (Lipinski definition) is 2. The average molecular weight is 222 g/mol. The molecular weight excluding hydrogens is 203 g/mol. The molecule has 1 fully saturated rings. The normalized spacial score (nSPS) is 24.1. The van der Waals surface area contributed by atoms with Crippen molar-refractivity contribution >= 4 is 0 Å². The highest BCUT2D eigenvalue weighted by atomic mass is 19.1. The number of pyridine rings is 1. The largest absolute Gasteiger partial charge is 0.309 e. The van der Waals surface area contributed by atoms with Crippen LogP contribution in [0.15, 0.2) is 18.3 Å². The molecule has 88 valence electrons. The second kappa shape index (κ2) is 4.13. The third-order valence-corrected chi connectivity index (χ3v) is 3.58. The summed E-state index contributed by atoms with van der Waals surface area (Å²) >= 11 is 0. The Labute approximate surface area is 96.3 Å². The van der Waals surface area contributed by atoms with Crippen LogP contribution in [0.2, 0.25) is 0 Å². The summed E-state index contributed by atoms with van der Waals surface area (Å²) in [6, 6.07) is 3.39. The van der Waals surface area contributed by atoms with Gasteiger partial charge in [-0.25, -0.2) is 4.39 Å². The molecule has 1 aliphatic carbocycles. The van der Waals surface area contributed by atoms with Crippen molar-refractivity contribution in [2.75, 3.05) is 6.54 Å². The standard InChI is InChI=1S/C13H19FN2/c1-9(12-5-4-11(14)8-16-12)15-7-10-6-13(10,2)3/h4-5,8-10,15H,6-7H2,1-3H3. The molecule has 0 radical (unpaired) electrons. The number of nitrogens with zero attached hydrogens (tertiary/aromatic N) is 1. The van der Waals surface area contributed by atoms with Crippen molar-refractivity contribution in [1.29, 1.82) is 0 Å². The Balaban J connectivity index is 1.84. The first-order chi connectivity index (χ1) is 7.49. The maximum Gasteiger partial charge on any atom is 0.141 e. The van der Waals surface area contributed by atoms with E-state index < -0.39 is 0 Å². The third-order valence-electron chi connectivity index (χ3n) is 3.58. The van der Waals surface area contributed by atoms with Gasteiger partial charge in [0.05, 0.1) is 11.9 Å². The zero-order valence-electron chi connectivity index (χ0n) is 10.1. The molecule has 1 heterocycles. The van der Waals surface area contributed by atoms with Gasteiger partial charge in [0.1, 0.15) is 5.82 Å². The minimum Gasteiger partial charge on any atom is -0.309 e. The maximum atomic E-state index is 12.7. The first-order valence-corrected chi connectivity index (χ1v) is 5.84. The lowest BCUT2D eigenvalue weighted by molar-refractivity contribution is 0.479. The van der Waals surface area contributed by atoms with Gasteiger partial charge >= 0.3 is 0 Å². The Hall–Kier alpha value is -0.960. The van der Waals surface area contributed by atoms with Gasteiger partial charge < -0.3 is 5.32 Å². The summed E-state index contributed by atoms with van der Waals surface area (Å²) in [6.07, 6.45) is 2.57.